The smallest absolute Gasteiger partial charge is 0.268 e. The van der Waals surface area contributed by atoms with Gasteiger partial charge in [-0.25, -0.2) is 4.57 Å². The van der Waals surface area contributed by atoms with Crippen molar-refractivity contribution in [2.45, 2.75) is 19.0 Å². The van der Waals surface area contributed by atoms with Crippen molar-refractivity contribution in [1.29, 1.82) is 5.41 Å². The van der Waals surface area contributed by atoms with Crippen LogP contribution in [0.15, 0.2) is 79.1 Å². The van der Waals surface area contributed by atoms with E-state index in [1.807, 2.05) is 83.2 Å². The molecule has 0 aliphatic heterocycles. The topological polar surface area (TPSA) is 131 Å². The van der Waals surface area contributed by atoms with E-state index in [9.17, 15) is 9.59 Å². The predicted octanol–water partition coefficient (Wildman–Crippen LogP) is 1.62. The van der Waals surface area contributed by atoms with Gasteiger partial charge in [-0.05, 0) is 29.8 Å². The molecule has 0 radical (unpaired) electrons. The van der Waals surface area contributed by atoms with E-state index in [4.69, 9.17) is 16.9 Å². The largest absolute Gasteiger partial charge is 0.384 e. The number of amidine groups is 1. The molecule has 0 saturated carbocycles. The van der Waals surface area contributed by atoms with Crippen molar-refractivity contribution in [2.24, 2.45) is 18.5 Å². The first-order valence-electron chi connectivity index (χ1n) is 10.9. The summed E-state index contributed by atoms with van der Waals surface area (Å²) in [6, 6.07) is 19.8. The number of benzene rings is 2. The molecule has 2 amide bonds. The number of hydrogen-bond donors (Lipinski definition) is 4. The first-order valence-corrected chi connectivity index (χ1v) is 10.9. The van der Waals surface area contributed by atoms with E-state index in [0.29, 0.717) is 17.8 Å². The number of para-hydroxylation sites is 1. The van der Waals surface area contributed by atoms with Crippen LogP contribution >= 0.6 is 0 Å². The highest BCUT2D eigenvalue weighted by Gasteiger charge is 2.23. The van der Waals surface area contributed by atoms with E-state index in [2.05, 4.69) is 5.32 Å². The van der Waals surface area contributed by atoms with Gasteiger partial charge in [0.15, 0.2) is 12.4 Å². The molecule has 4 aromatic rings. The number of nitrogens with two attached hydrogens (primary N) is 2. The Kier molecular flexibility index (Phi) is 6.40. The molecule has 0 spiro atoms. The molecule has 34 heavy (non-hydrogen) atoms. The van der Waals surface area contributed by atoms with Crippen LogP contribution in [0.1, 0.15) is 27.2 Å². The minimum absolute atomic E-state index is 0.0178. The fourth-order valence-electron chi connectivity index (χ4n) is 4.05. The van der Waals surface area contributed by atoms with Crippen LogP contribution in [0.25, 0.3) is 10.9 Å². The first-order chi connectivity index (χ1) is 16.3. The van der Waals surface area contributed by atoms with Gasteiger partial charge in [-0.15, -0.1) is 0 Å². The number of aryl methyl sites for hydroxylation is 1. The zero-order valence-electron chi connectivity index (χ0n) is 18.9. The first kappa shape index (κ1) is 22.7. The van der Waals surface area contributed by atoms with Gasteiger partial charge in [-0.3, -0.25) is 15.0 Å². The summed E-state index contributed by atoms with van der Waals surface area (Å²) in [6.07, 6.45) is 4.07. The maximum atomic E-state index is 13.4. The molecule has 0 aliphatic rings. The van der Waals surface area contributed by atoms with Gasteiger partial charge in [0, 0.05) is 41.1 Å². The summed E-state index contributed by atoms with van der Waals surface area (Å²) in [5.41, 5.74) is 15.0. The second-order valence-electron chi connectivity index (χ2n) is 8.30. The lowest BCUT2D eigenvalue weighted by Gasteiger charge is -2.17. The Morgan fingerprint density at radius 3 is 2.53 bits per heavy atom. The van der Waals surface area contributed by atoms with E-state index < -0.39 is 11.9 Å². The molecule has 172 valence electrons. The Morgan fingerprint density at radius 2 is 1.79 bits per heavy atom. The monoisotopic (exact) mass is 455 g/mol. The van der Waals surface area contributed by atoms with Crippen LogP contribution in [0.4, 0.5) is 0 Å². The van der Waals surface area contributed by atoms with Crippen molar-refractivity contribution in [1.82, 2.24) is 9.88 Å². The van der Waals surface area contributed by atoms with Crippen molar-refractivity contribution in [2.75, 3.05) is 0 Å². The minimum Gasteiger partial charge on any atom is -0.384 e. The maximum absolute atomic E-state index is 13.4. The number of nitrogen functional groups attached to an aromatic ring is 1. The fourth-order valence-corrected chi connectivity index (χ4v) is 4.05. The quantitative estimate of drug-likeness (QED) is 0.183. The summed E-state index contributed by atoms with van der Waals surface area (Å²) in [4.78, 5) is 25.5. The van der Waals surface area contributed by atoms with Crippen LogP contribution < -0.4 is 21.4 Å². The van der Waals surface area contributed by atoms with Crippen LogP contribution in [0.3, 0.4) is 0 Å². The number of amides is 2. The third-order valence-corrected chi connectivity index (χ3v) is 5.71. The van der Waals surface area contributed by atoms with Crippen molar-refractivity contribution in [3.8, 4) is 0 Å². The van der Waals surface area contributed by atoms with E-state index >= 15 is 0 Å². The molecule has 2 aromatic heterocycles. The highest BCUT2D eigenvalue weighted by Crippen LogP contribution is 2.22. The summed E-state index contributed by atoms with van der Waals surface area (Å²) >= 11 is 0. The van der Waals surface area contributed by atoms with Crippen LogP contribution in [0, 0.1) is 5.41 Å². The molecular weight excluding hydrogens is 428 g/mol. The van der Waals surface area contributed by atoms with Gasteiger partial charge in [0.1, 0.15) is 24.6 Å². The third-order valence-electron chi connectivity index (χ3n) is 5.71. The zero-order valence-corrected chi connectivity index (χ0v) is 18.9. The van der Waals surface area contributed by atoms with E-state index in [0.717, 1.165) is 22.0 Å². The molecule has 8 nitrogen and oxygen atoms in total. The van der Waals surface area contributed by atoms with Crippen molar-refractivity contribution >= 4 is 28.6 Å². The molecule has 0 unspecified atom stereocenters. The maximum Gasteiger partial charge on any atom is 0.268 e. The highest BCUT2D eigenvalue weighted by molar-refractivity contribution is 6.01. The molecule has 2 heterocycles. The Bertz CT molecular complexity index is 1390. The standard InChI is InChI=1S/C26H26N6O2/c1-31-11-5-7-18(15-31)13-21(25(29)33)30-26(34)23-14-19-8-2-3-10-22(19)32(23)16-17-6-4-9-20(12-17)24(27)28/h2-12,14-15,21H,13,16H2,1H3,(H5-,27,28,29,30,33,34)/p+1/t21-/m1/s1. The van der Waals surface area contributed by atoms with Crippen LogP contribution in [-0.4, -0.2) is 28.3 Å². The molecule has 0 saturated heterocycles. The zero-order chi connectivity index (χ0) is 24.2. The number of nitrogens with one attached hydrogen (secondary N) is 2. The molecule has 0 fully saturated rings. The van der Waals surface area contributed by atoms with E-state index in [1.165, 1.54) is 0 Å². The number of hydrogen-bond acceptors (Lipinski definition) is 3. The lowest BCUT2D eigenvalue weighted by atomic mass is 10.1. The summed E-state index contributed by atoms with van der Waals surface area (Å²) in [6.45, 7) is 0.396. The summed E-state index contributed by atoms with van der Waals surface area (Å²) in [5.74, 6) is -1.00. The number of carbonyl (C=O) groups is 2. The number of pyridine rings is 1. The number of primary amides is 1. The van der Waals surface area contributed by atoms with Crippen molar-refractivity contribution in [3.63, 3.8) is 0 Å². The Labute approximate surface area is 197 Å². The lowest BCUT2D eigenvalue weighted by Crippen LogP contribution is -2.46. The average Bonchev–Trinajstić information content (AvgIpc) is 3.17. The predicted molar refractivity (Wildman–Crippen MR) is 130 cm³/mol. The third kappa shape index (κ3) is 4.96. The second-order valence-corrected chi connectivity index (χ2v) is 8.30. The number of nitrogens with zero attached hydrogens (tertiary/aromatic N) is 2. The van der Waals surface area contributed by atoms with Crippen LogP contribution in [-0.2, 0) is 24.8 Å². The van der Waals surface area contributed by atoms with Crippen molar-refractivity contribution < 1.29 is 14.2 Å². The van der Waals surface area contributed by atoms with Crippen LogP contribution in [0.5, 0.6) is 0 Å². The molecule has 4 rings (SSSR count). The van der Waals surface area contributed by atoms with Gasteiger partial charge < -0.3 is 21.4 Å². The second kappa shape index (κ2) is 9.58. The normalized spacial score (nSPS) is 11.8. The van der Waals surface area contributed by atoms with E-state index in [-0.39, 0.29) is 18.2 Å². The lowest BCUT2D eigenvalue weighted by molar-refractivity contribution is -0.671. The van der Waals surface area contributed by atoms with Gasteiger partial charge >= 0.3 is 0 Å². The van der Waals surface area contributed by atoms with Gasteiger partial charge in [-0.1, -0.05) is 36.4 Å². The molecule has 6 N–H and O–H groups in total. The van der Waals surface area contributed by atoms with Gasteiger partial charge in [0.05, 0.1) is 0 Å². The van der Waals surface area contributed by atoms with Crippen molar-refractivity contribution in [3.05, 3.63) is 102 Å². The summed E-state index contributed by atoms with van der Waals surface area (Å²) < 4.78 is 3.77. The SMILES string of the molecule is C[n+]1cccc(C[C@@H](NC(=O)c2cc3ccccc3n2Cc2cccc(C(=N)N)c2)C(N)=O)c1. The molecular formula is C26H27N6O2+. The fraction of sp³-hybridized carbons (Fsp3) is 0.154. The number of aromatic nitrogens is 2. The average molecular weight is 456 g/mol. The Hall–Kier alpha value is -4.46. The van der Waals surface area contributed by atoms with Gasteiger partial charge in [-0.2, -0.15) is 0 Å². The Balaban J connectivity index is 1.66. The number of fused-ring (bicyclic) bond motifs is 1. The summed E-state index contributed by atoms with van der Waals surface area (Å²) in [5, 5.41) is 11.4. The molecule has 0 aliphatic carbocycles. The molecule has 8 heteroatoms. The molecule has 2 aromatic carbocycles. The number of carbonyl (C=O) groups excluding carboxylic acids is 2. The van der Waals surface area contributed by atoms with Gasteiger partial charge in [0.2, 0.25) is 5.91 Å². The Morgan fingerprint density at radius 1 is 1.03 bits per heavy atom. The minimum atomic E-state index is -0.859. The molecule has 1 atom stereocenters. The highest BCUT2D eigenvalue weighted by atomic mass is 16.2. The summed E-state index contributed by atoms with van der Waals surface area (Å²) in [7, 11) is 1.89. The number of rotatable bonds is 8. The van der Waals surface area contributed by atoms with E-state index in [1.54, 1.807) is 12.1 Å². The van der Waals surface area contributed by atoms with Crippen LogP contribution in [0.2, 0.25) is 0 Å². The van der Waals surface area contributed by atoms with Gasteiger partial charge in [0.25, 0.3) is 5.91 Å². The molecule has 0 bridgehead atoms.